The SMILES string of the molecule is CCOC(=O)/C(N=O)=C1/CN(O)C(c2ccccc2F)=c2cc(Cl)ccc2=N1. The quantitative estimate of drug-likeness (QED) is 0.481. The van der Waals surface area contributed by atoms with Crippen molar-refractivity contribution in [3.63, 3.8) is 0 Å². The van der Waals surface area contributed by atoms with Crippen molar-refractivity contribution in [2.45, 2.75) is 6.92 Å². The van der Waals surface area contributed by atoms with E-state index in [1.165, 1.54) is 30.3 Å². The van der Waals surface area contributed by atoms with Gasteiger partial charge in [-0.2, -0.15) is 0 Å². The number of nitroso groups, excluding NO2 is 1. The van der Waals surface area contributed by atoms with Gasteiger partial charge in [-0.1, -0.05) is 23.7 Å². The lowest BCUT2D eigenvalue weighted by atomic mass is 10.1. The predicted octanol–water partition coefficient (Wildman–Crippen LogP) is 2.50. The van der Waals surface area contributed by atoms with Gasteiger partial charge in [-0.25, -0.2) is 19.2 Å². The molecular weight excluding hydrogens is 389 g/mol. The lowest BCUT2D eigenvalue weighted by Crippen LogP contribution is -2.32. The molecule has 9 heteroatoms. The van der Waals surface area contributed by atoms with Crippen LogP contribution < -0.4 is 10.6 Å². The van der Waals surface area contributed by atoms with Crippen LogP contribution in [0.25, 0.3) is 5.70 Å². The molecule has 0 bridgehead atoms. The number of esters is 1. The number of nitrogens with zero attached hydrogens (tertiary/aromatic N) is 3. The number of rotatable bonds is 4. The van der Waals surface area contributed by atoms with Crippen LogP contribution in [0.2, 0.25) is 5.02 Å². The predicted molar refractivity (Wildman–Crippen MR) is 99.1 cm³/mol. The van der Waals surface area contributed by atoms with Crippen molar-refractivity contribution in [3.05, 3.63) is 85.7 Å². The van der Waals surface area contributed by atoms with E-state index < -0.39 is 24.0 Å². The van der Waals surface area contributed by atoms with E-state index >= 15 is 0 Å². The van der Waals surface area contributed by atoms with E-state index in [1.54, 1.807) is 19.1 Å². The molecule has 0 unspecified atom stereocenters. The zero-order valence-corrected chi connectivity index (χ0v) is 15.5. The maximum atomic E-state index is 14.4. The van der Waals surface area contributed by atoms with E-state index in [4.69, 9.17) is 16.3 Å². The molecule has 1 aliphatic rings. The van der Waals surface area contributed by atoms with E-state index in [0.29, 0.717) is 15.3 Å². The summed E-state index contributed by atoms with van der Waals surface area (Å²) in [5, 5.41) is 15.0. The lowest BCUT2D eigenvalue weighted by Gasteiger charge is -2.20. The molecule has 3 rings (SSSR count). The van der Waals surface area contributed by atoms with Crippen molar-refractivity contribution in [2.24, 2.45) is 10.2 Å². The Morgan fingerprint density at radius 2 is 2.11 bits per heavy atom. The van der Waals surface area contributed by atoms with Gasteiger partial charge in [-0.3, -0.25) is 5.21 Å². The molecule has 144 valence electrons. The van der Waals surface area contributed by atoms with Crippen LogP contribution in [0.15, 0.2) is 64.0 Å². The number of ether oxygens (including phenoxy) is 1. The van der Waals surface area contributed by atoms with E-state index in [-0.39, 0.29) is 28.9 Å². The second-order valence-corrected chi connectivity index (χ2v) is 6.20. The van der Waals surface area contributed by atoms with E-state index in [1.807, 2.05) is 0 Å². The van der Waals surface area contributed by atoms with E-state index in [0.717, 1.165) is 0 Å². The summed E-state index contributed by atoms with van der Waals surface area (Å²) in [7, 11) is 0. The first-order valence-electron chi connectivity index (χ1n) is 8.29. The average molecular weight is 404 g/mol. The largest absolute Gasteiger partial charge is 0.461 e. The molecule has 1 heterocycles. The minimum atomic E-state index is -0.963. The summed E-state index contributed by atoms with van der Waals surface area (Å²) < 4.78 is 19.3. The summed E-state index contributed by atoms with van der Waals surface area (Å²) in [5.74, 6) is -1.54. The molecule has 0 amide bonds. The van der Waals surface area contributed by atoms with Crippen molar-refractivity contribution < 1.29 is 19.1 Å². The van der Waals surface area contributed by atoms with Crippen LogP contribution >= 0.6 is 11.6 Å². The zero-order valence-electron chi connectivity index (χ0n) is 14.7. The van der Waals surface area contributed by atoms with Gasteiger partial charge in [0, 0.05) is 15.8 Å². The van der Waals surface area contributed by atoms with Gasteiger partial charge in [0.05, 0.1) is 29.9 Å². The molecule has 1 aliphatic heterocycles. The number of carbonyl (C=O) groups is 1. The minimum Gasteiger partial charge on any atom is -0.461 e. The molecule has 2 aromatic carbocycles. The fourth-order valence-corrected chi connectivity index (χ4v) is 2.98. The fraction of sp³-hybridized carbons (Fsp3) is 0.158. The molecule has 0 spiro atoms. The number of hydroxylamine groups is 2. The van der Waals surface area contributed by atoms with E-state index in [2.05, 4.69) is 10.2 Å². The molecule has 0 fully saturated rings. The molecule has 0 radical (unpaired) electrons. The number of halogens is 2. The summed E-state index contributed by atoms with van der Waals surface area (Å²) in [4.78, 5) is 27.6. The Morgan fingerprint density at radius 1 is 1.36 bits per heavy atom. The van der Waals surface area contributed by atoms with Crippen molar-refractivity contribution in [2.75, 3.05) is 13.2 Å². The zero-order chi connectivity index (χ0) is 20.3. The van der Waals surface area contributed by atoms with Gasteiger partial charge in [0.2, 0.25) is 5.70 Å². The van der Waals surface area contributed by atoms with Gasteiger partial charge < -0.3 is 4.74 Å². The maximum absolute atomic E-state index is 14.4. The highest BCUT2D eigenvalue weighted by molar-refractivity contribution is 6.30. The third-order valence-corrected chi connectivity index (χ3v) is 4.22. The summed E-state index contributed by atoms with van der Waals surface area (Å²) in [6.45, 7) is 1.22. The number of hydrogen-bond acceptors (Lipinski definition) is 7. The average Bonchev–Trinajstić information content (AvgIpc) is 2.79. The van der Waals surface area contributed by atoms with Gasteiger partial charge in [0.1, 0.15) is 5.82 Å². The lowest BCUT2D eigenvalue weighted by molar-refractivity contribution is -0.138. The molecular formula is C19H15ClFN3O4. The van der Waals surface area contributed by atoms with Gasteiger partial charge in [0.15, 0.2) is 0 Å². The molecule has 7 nitrogen and oxygen atoms in total. The highest BCUT2D eigenvalue weighted by atomic mass is 35.5. The maximum Gasteiger partial charge on any atom is 0.362 e. The van der Waals surface area contributed by atoms with Gasteiger partial charge >= 0.3 is 5.97 Å². The normalized spacial score (nSPS) is 15.3. The standard InChI is InChI=1S/C19H15ClFN3O4/c1-2-28-19(25)17(23-26)16-10-24(27)18(12-5-3-4-6-14(12)21)13-9-11(20)7-8-15(13)22-16/h3-9,27H,2,10H2,1H3/b17-16+. The summed E-state index contributed by atoms with van der Waals surface area (Å²) in [5.41, 5.74) is -0.507. The molecule has 0 saturated carbocycles. The molecule has 0 atom stereocenters. The molecule has 28 heavy (non-hydrogen) atoms. The first-order chi connectivity index (χ1) is 13.5. The Labute approximate surface area is 164 Å². The summed E-state index contributed by atoms with van der Waals surface area (Å²) in [6.07, 6.45) is 0. The first-order valence-corrected chi connectivity index (χ1v) is 8.67. The fourth-order valence-electron chi connectivity index (χ4n) is 2.81. The smallest absolute Gasteiger partial charge is 0.362 e. The highest BCUT2D eigenvalue weighted by Crippen LogP contribution is 2.22. The van der Waals surface area contributed by atoms with Crippen LogP contribution in [0.3, 0.4) is 0 Å². The molecule has 2 aromatic rings. The van der Waals surface area contributed by atoms with Crippen molar-refractivity contribution >= 4 is 23.3 Å². The third kappa shape index (κ3) is 3.78. The van der Waals surface area contributed by atoms with Crippen molar-refractivity contribution in [1.29, 1.82) is 0 Å². The van der Waals surface area contributed by atoms with Gasteiger partial charge in [-0.05, 0) is 42.4 Å². The summed E-state index contributed by atoms with van der Waals surface area (Å²) in [6, 6.07) is 10.4. The minimum absolute atomic E-state index is 0.0345. The Hall–Kier alpha value is -3.10. The summed E-state index contributed by atoms with van der Waals surface area (Å²) >= 11 is 6.08. The molecule has 0 saturated heterocycles. The second kappa shape index (κ2) is 8.28. The van der Waals surface area contributed by atoms with Crippen LogP contribution in [0.1, 0.15) is 12.5 Å². The van der Waals surface area contributed by atoms with Crippen molar-refractivity contribution in [3.8, 4) is 0 Å². The van der Waals surface area contributed by atoms with Crippen LogP contribution in [0.5, 0.6) is 0 Å². The number of carbonyl (C=O) groups excluding carboxylic acids is 1. The second-order valence-electron chi connectivity index (χ2n) is 5.77. The number of hydrogen-bond donors (Lipinski definition) is 1. The first kappa shape index (κ1) is 19.7. The molecule has 0 aromatic heterocycles. The third-order valence-electron chi connectivity index (χ3n) is 3.99. The Morgan fingerprint density at radius 3 is 2.79 bits per heavy atom. The van der Waals surface area contributed by atoms with Crippen LogP contribution in [0, 0.1) is 10.7 Å². The molecule has 0 aliphatic carbocycles. The number of fused-ring (bicyclic) bond motifs is 1. The number of benzene rings is 2. The Bertz CT molecular complexity index is 1100. The van der Waals surface area contributed by atoms with Crippen LogP contribution in [0.4, 0.5) is 4.39 Å². The van der Waals surface area contributed by atoms with Crippen LogP contribution in [-0.2, 0) is 9.53 Å². The monoisotopic (exact) mass is 403 g/mol. The Kier molecular flexibility index (Phi) is 5.81. The highest BCUT2D eigenvalue weighted by Gasteiger charge is 2.25. The topological polar surface area (TPSA) is 91.6 Å². The van der Waals surface area contributed by atoms with Gasteiger partial charge in [0.25, 0.3) is 0 Å². The van der Waals surface area contributed by atoms with Crippen LogP contribution in [-0.4, -0.2) is 29.4 Å². The Balaban J connectivity index is 2.36. The van der Waals surface area contributed by atoms with Gasteiger partial charge in [-0.15, -0.1) is 4.91 Å². The van der Waals surface area contributed by atoms with E-state index in [9.17, 15) is 19.3 Å². The molecule has 1 N–H and O–H groups in total. The van der Waals surface area contributed by atoms with Crippen molar-refractivity contribution in [1.82, 2.24) is 5.06 Å².